The van der Waals surface area contributed by atoms with Crippen molar-refractivity contribution in [2.24, 2.45) is 22.0 Å². The van der Waals surface area contributed by atoms with E-state index in [1.807, 2.05) is 13.8 Å². The number of hydrogen-bond donors (Lipinski definition) is 2. The van der Waals surface area contributed by atoms with Gasteiger partial charge in [-0.05, 0) is 0 Å². The molecule has 0 aliphatic carbocycles. The van der Waals surface area contributed by atoms with Crippen LogP contribution in [0, 0.1) is 11.4 Å². The third kappa shape index (κ3) is 1.68. The van der Waals surface area contributed by atoms with Gasteiger partial charge in [-0.2, -0.15) is 5.10 Å². The van der Waals surface area contributed by atoms with E-state index in [9.17, 15) is 0 Å². The molecule has 0 aliphatic rings. The lowest BCUT2D eigenvalue weighted by Gasteiger charge is -1.96. The summed E-state index contributed by atoms with van der Waals surface area (Å²) >= 11 is 0. The van der Waals surface area contributed by atoms with Crippen molar-refractivity contribution in [3.05, 3.63) is 0 Å². The average Bonchev–Trinajstić information content (AvgIpc) is 1.69. The Morgan fingerprint density at radius 1 is 1.62 bits per heavy atom. The highest BCUT2D eigenvalue weighted by molar-refractivity contribution is 5.83. The van der Waals surface area contributed by atoms with Crippen molar-refractivity contribution in [2.45, 2.75) is 13.8 Å². The highest BCUT2D eigenvalue weighted by Crippen LogP contribution is 1.95. The zero-order valence-electron chi connectivity index (χ0n) is 5.05. The van der Waals surface area contributed by atoms with Gasteiger partial charge in [0.05, 0.1) is 0 Å². The molecule has 0 aliphatic heterocycles. The summed E-state index contributed by atoms with van der Waals surface area (Å²) in [5, 5.41) is 6.35. The molecule has 3 N–H and O–H groups in total. The van der Waals surface area contributed by atoms with Crippen molar-refractivity contribution < 1.29 is 0 Å². The molecule has 0 aromatic carbocycles. The first-order valence-corrected chi connectivity index (χ1v) is 2.37. The fourth-order valence-electron chi connectivity index (χ4n) is 0.307. The van der Waals surface area contributed by atoms with Crippen LogP contribution in [0.2, 0.25) is 0 Å². The molecule has 8 heavy (non-hydrogen) atoms. The molecule has 0 radical (unpaired) electrons. The first-order valence-electron chi connectivity index (χ1n) is 2.37. The lowest BCUT2D eigenvalue weighted by molar-refractivity contribution is 0.846. The summed E-state index contributed by atoms with van der Waals surface area (Å²) < 4.78 is 0. The van der Waals surface area contributed by atoms with Crippen LogP contribution in [0.3, 0.4) is 0 Å². The Labute approximate surface area is 48.3 Å². The van der Waals surface area contributed by atoms with Crippen LogP contribution in [-0.2, 0) is 0 Å². The van der Waals surface area contributed by atoms with E-state index in [0.29, 0.717) is 5.84 Å². The van der Waals surface area contributed by atoms with Crippen LogP contribution in [-0.4, -0.2) is 5.84 Å². The standard InChI is InChI=1S/C4H10N4/c1-3(2)4(7-5)8-6/h3,5H,6H2,1-2H3/b7-5?,8-4-. The van der Waals surface area contributed by atoms with E-state index in [4.69, 9.17) is 11.4 Å². The second kappa shape index (κ2) is 3.12. The van der Waals surface area contributed by atoms with Crippen LogP contribution in [0.4, 0.5) is 0 Å². The Hall–Kier alpha value is -0.930. The Kier molecular flexibility index (Phi) is 2.76. The van der Waals surface area contributed by atoms with Crippen molar-refractivity contribution >= 4 is 5.84 Å². The molecule has 0 heterocycles. The van der Waals surface area contributed by atoms with Crippen molar-refractivity contribution in [3.8, 4) is 0 Å². The Morgan fingerprint density at radius 2 is 2.12 bits per heavy atom. The summed E-state index contributed by atoms with van der Waals surface area (Å²) in [7, 11) is 0. The maximum Gasteiger partial charge on any atom is 0.172 e. The average molecular weight is 114 g/mol. The summed E-state index contributed by atoms with van der Waals surface area (Å²) in [5.41, 5.74) is 6.50. The van der Waals surface area contributed by atoms with E-state index in [0.717, 1.165) is 0 Å². The summed E-state index contributed by atoms with van der Waals surface area (Å²) in [6.07, 6.45) is 0. The molecule has 0 saturated carbocycles. The van der Waals surface area contributed by atoms with E-state index in [1.165, 1.54) is 0 Å². The first-order chi connectivity index (χ1) is 3.72. The maximum absolute atomic E-state index is 6.50. The lowest BCUT2D eigenvalue weighted by atomic mass is 10.2. The molecule has 0 fully saturated rings. The number of nitrogens with two attached hydrogens (primary N) is 1. The molecule has 0 unspecified atom stereocenters. The van der Waals surface area contributed by atoms with Gasteiger partial charge < -0.3 is 5.84 Å². The van der Waals surface area contributed by atoms with Gasteiger partial charge in [0.25, 0.3) is 0 Å². The van der Waals surface area contributed by atoms with E-state index in [-0.39, 0.29) is 5.92 Å². The van der Waals surface area contributed by atoms with Gasteiger partial charge in [-0.1, -0.05) is 13.8 Å². The fraction of sp³-hybridized carbons (Fsp3) is 0.750. The van der Waals surface area contributed by atoms with Gasteiger partial charge in [0.1, 0.15) is 0 Å². The van der Waals surface area contributed by atoms with Crippen LogP contribution in [0.15, 0.2) is 10.2 Å². The van der Waals surface area contributed by atoms with Gasteiger partial charge in [-0.3, -0.25) is 0 Å². The van der Waals surface area contributed by atoms with Crippen molar-refractivity contribution in [3.63, 3.8) is 0 Å². The summed E-state index contributed by atoms with van der Waals surface area (Å²) in [6, 6.07) is 0. The van der Waals surface area contributed by atoms with Gasteiger partial charge >= 0.3 is 0 Å². The maximum atomic E-state index is 6.50. The first kappa shape index (κ1) is 7.07. The summed E-state index contributed by atoms with van der Waals surface area (Å²) in [5.74, 6) is 5.39. The molecule has 0 bridgehead atoms. The van der Waals surface area contributed by atoms with Crippen LogP contribution in [0.5, 0.6) is 0 Å². The van der Waals surface area contributed by atoms with Crippen LogP contribution in [0.1, 0.15) is 13.8 Å². The number of nitrogens with zero attached hydrogens (tertiary/aromatic N) is 2. The van der Waals surface area contributed by atoms with Crippen LogP contribution < -0.4 is 5.84 Å². The number of nitrogens with one attached hydrogen (secondary N) is 1. The van der Waals surface area contributed by atoms with Crippen LogP contribution >= 0.6 is 0 Å². The summed E-state index contributed by atoms with van der Waals surface area (Å²) in [4.78, 5) is 0. The largest absolute Gasteiger partial charge is 0.321 e. The predicted molar refractivity (Wildman–Crippen MR) is 31.6 cm³/mol. The minimum atomic E-state index is 0.150. The third-order valence-electron chi connectivity index (χ3n) is 0.763. The minimum Gasteiger partial charge on any atom is -0.321 e. The fourth-order valence-corrected chi connectivity index (χ4v) is 0.307. The third-order valence-corrected chi connectivity index (χ3v) is 0.763. The Bertz CT molecular complexity index is 105. The van der Waals surface area contributed by atoms with E-state index >= 15 is 0 Å². The predicted octanol–water partition coefficient (Wildman–Crippen LogP) is 0.946. The minimum absolute atomic E-state index is 0.150. The van der Waals surface area contributed by atoms with E-state index in [1.54, 1.807) is 0 Å². The zero-order valence-corrected chi connectivity index (χ0v) is 5.05. The lowest BCUT2D eigenvalue weighted by Crippen LogP contribution is -2.05. The Morgan fingerprint density at radius 3 is 2.12 bits per heavy atom. The topological polar surface area (TPSA) is 74.6 Å². The number of amidine groups is 1. The van der Waals surface area contributed by atoms with Gasteiger partial charge in [0, 0.05) is 5.92 Å². The molecule has 0 amide bonds. The smallest absolute Gasteiger partial charge is 0.172 e. The second-order valence-electron chi connectivity index (χ2n) is 1.75. The molecule has 0 atom stereocenters. The van der Waals surface area contributed by atoms with Crippen LogP contribution in [0.25, 0.3) is 0 Å². The molecule has 4 heteroatoms. The molecule has 0 aromatic rings. The molecule has 0 spiro atoms. The number of hydrazone groups is 1. The van der Waals surface area contributed by atoms with Crippen molar-refractivity contribution in [1.82, 2.24) is 0 Å². The highest BCUT2D eigenvalue weighted by atomic mass is 15.2. The molecular formula is C4H10N4. The van der Waals surface area contributed by atoms with Crippen molar-refractivity contribution in [2.75, 3.05) is 0 Å². The number of hydrogen-bond acceptors (Lipinski definition) is 3. The monoisotopic (exact) mass is 114 g/mol. The zero-order chi connectivity index (χ0) is 6.57. The van der Waals surface area contributed by atoms with Gasteiger partial charge in [0.2, 0.25) is 0 Å². The SMILES string of the molecule is CC(C)/C(N=N)=N/N. The molecule has 46 valence electrons. The van der Waals surface area contributed by atoms with Gasteiger partial charge in [0.15, 0.2) is 5.84 Å². The van der Waals surface area contributed by atoms with E-state index in [2.05, 4.69) is 10.2 Å². The highest BCUT2D eigenvalue weighted by Gasteiger charge is 1.99. The molecule has 0 aromatic heterocycles. The molecule has 0 saturated heterocycles. The van der Waals surface area contributed by atoms with Crippen molar-refractivity contribution in [1.29, 1.82) is 5.53 Å². The number of rotatable bonds is 1. The summed E-state index contributed by atoms with van der Waals surface area (Å²) in [6.45, 7) is 3.76. The van der Waals surface area contributed by atoms with Gasteiger partial charge in [-0.15, -0.1) is 5.11 Å². The molecular weight excluding hydrogens is 104 g/mol. The molecule has 4 nitrogen and oxygen atoms in total. The van der Waals surface area contributed by atoms with E-state index < -0.39 is 0 Å². The normalized spacial score (nSPS) is 12.1. The van der Waals surface area contributed by atoms with Gasteiger partial charge in [-0.25, -0.2) is 5.53 Å². The quantitative estimate of drug-likeness (QED) is 0.172. The molecule has 0 rings (SSSR count). The Balaban J connectivity index is 3.91. The second-order valence-corrected chi connectivity index (χ2v) is 1.75.